The van der Waals surface area contributed by atoms with E-state index in [9.17, 15) is 14.4 Å². The third-order valence-electron chi connectivity index (χ3n) is 7.45. The quantitative estimate of drug-likeness (QED) is 0.684. The van der Waals surface area contributed by atoms with Crippen LogP contribution >= 0.6 is 0 Å². The Bertz CT molecular complexity index is 904. The Morgan fingerprint density at radius 3 is 2.50 bits per heavy atom. The minimum absolute atomic E-state index is 0.0220. The summed E-state index contributed by atoms with van der Waals surface area (Å²) in [5.41, 5.74) is 2.97. The van der Waals surface area contributed by atoms with Gasteiger partial charge in [-0.2, -0.15) is 0 Å². The lowest BCUT2D eigenvalue weighted by Crippen LogP contribution is -2.50. The summed E-state index contributed by atoms with van der Waals surface area (Å²) in [5, 5.41) is 0. The van der Waals surface area contributed by atoms with Crippen LogP contribution < -0.4 is 9.80 Å². The van der Waals surface area contributed by atoms with Gasteiger partial charge in [0, 0.05) is 63.0 Å². The molecule has 0 aromatic heterocycles. The standard InChI is InChI=1S/C25H34N4O3/c1-2-3-9-26-11-13-27(14-12-26)24(31)20-16-23(30)29(17-20)21-6-7-22-19(15-21)8-10-28(22)25(32)18-4-5-18/h6-7,15,18,20H,2-5,8-14,16-17H2,1H3. The second-order valence-electron chi connectivity index (χ2n) is 9.75. The molecule has 1 atom stereocenters. The van der Waals surface area contributed by atoms with Gasteiger partial charge in [-0.3, -0.25) is 19.3 Å². The normalized spacial score (nSPS) is 23.7. The van der Waals surface area contributed by atoms with Gasteiger partial charge in [0.1, 0.15) is 0 Å². The Balaban J connectivity index is 1.21. The van der Waals surface area contributed by atoms with Gasteiger partial charge >= 0.3 is 0 Å². The molecule has 1 saturated carbocycles. The van der Waals surface area contributed by atoms with Crippen molar-refractivity contribution in [3.63, 3.8) is 0 Å². The van der Waals surface area contributed by atoms with Gasteiger partial charge in [-0.05, 0) is 56.0 Å². The molecule has 3 fully saturated rings. The number of nitrogens with zero attached hydrogens (tertiary/aromatic N) is 4. The first-order valence-corrected chi connectivity index (χ1v) is 12.3. The summed E-state index contributed by atoms with van der Waals surface area (Å²) in [6, 6.07) is 5.97. The van der Waals surface area contributed by atoms with Crippen LogP contribution in [0.1, 0.15) is 44.6 Å². The molecule has 0 N–H and O–H groups in total. The van der Waals surface area contributed by atoms with E-state index in [-0.39, 0.29) is 36.0 Å². The Kier molecular flexibility index (Phi) is 5.93. The molecule has 5 rings (SSSR count). The Morgan fingerprint density at radius 1 is 1.00 bits per heavy atom. The molecule has 0 spiro atoms. The van der Waals surface area contributed by atoms with E-state index < -0.39 is 0 Å². The first-order chi connectivity index (χ1) is 15.5. The molecule has 32 heavy (non-hydrogen) atoms. The van der Waals surface area contributed by atoms with Crippen molar-refractivity contribution in [2.75, 3.05) is 55.6 Å². The molecule has 1 unspecified atom stereocenters. The summed E-state index contributed by atoms with van der Waals surface area (Å²) in [4.78, 5) is 46.5. The number of carbonyl (C=O) groups is 3. The predicted molar refractivity (Wildman–Crippen MR) is 124 cm³/mol. The van der Waals surface area contributed by atoms with Crippen LogP contribution in [-0.2, 0) is 20.8 Å². The number of hydrogen-bond donors (Lipinski definition) is 0. The van der Waals surface area contributed by atoms with Crippen LogP contribution in [0.2, 0.25) is 0 Å². The summed E-state index contributed by atoms with van der Waals surface area (Å²) < 4.78 is 0. The topological polar surface area (TPSA) is 64.2 Å². The van der Waals surface area contributed by atoms with Crippen molar-refractivity contribution in [1.82, 2.24) is 9.80 Å². The van der Waals surface area contributed by atoms with Crippen LogP contribution in [0, 0.1) is 11.8 Å². The van der Waals surface area contributed by atoms with Gasteiger partial charge < -0.3 is 14.7 Å². The lowest BCUT2D eigenvalue weighted by atomic mass is 10.1. The zero-order valence-corrected chi connectivity index (χ0v) is 19.1. The number of unbranched alkanes of at least 4 members (excludes halogenated alkanes) is 1. The molecule has 3 amide bonds. The van der Waals surface area contributed by atoms with E-state index in [1.165, 1.54) is 12.8 Å². The molecule has 3 heterocycles. The van der Waals surface area contributed by atoms with Crippen molar-refractivity contribution in [3.05, 3.63) is 23.8 Å². The van der Waals surface area contributed by atoms with Gasteiger partial charge in [0.2, 0.25) is 17.7 Å². The first-order valence-electron chi connectivity index (χ1n) is 12.3. The maximum absolute atomic E-state index is 13.1. The van der Waals surface area contributed by atoms with Crippen LogP contribution in [0.25, 0.3) is 0 Å². The Labute approximate surface area is 190 Å². The van der Waals surface area contributed by atoms with Crippen molar-refractivity contribution in [2.24, 2.45) is 11.8 Å². The highest BCUT2D eigenvalue weighted by Crippen LogP contribution is 2.38. The highest BCUT2D eigenvalue weighted by molar-refractivity contribution is 6.02. The van der Waals surface area contributed by atoms with E-state index in [2.05, 4.69) is 11.8 Å². The Morgan fingerprint density at radius 2 is 1.78 bits per heavy atom. The maximum atomic E-state index is 13.1. The SMILES string of the molecule is CCCCN1CCN(C(=O)C2CC(=O)N(c3ccc4c(c3)CCN4C(=O)C3CC3)C2)CC1. The molecule has 1 aromatic carbocycles. The molecule has 172 valence electrons. The van der Waals surface area contributed by atoms with Crippen LogP contribution in [0.5, 0.6) is 0 Å². The highest BCUT2D eigenvalue weighted by Gasteiger charge is 2.39. The second kappa shape index (κ2) is 8.85. The molecule has 4 aliphatic rings. The Hall–Kier alpha value is -2.41. The summed E-state index contributed by atoms with van der Waals surface area (Å²) in [5.74, 6) is 0.341. The molecule has 0 radical (unpaired) electrons. The van der Waals surface area contributed by atoms with Gasteiger partial charge in [0.05, 0.1) is 5.92 Å². The monoisotopic (exact) mass is 438 g/mol. The average Bonchev–Trinajstić information content (AvgIpc) is 3.47. The molecular weight excluding hydrogens is 404 g/mol. The fourth-order valence-corrected chi connectivity index (χ4v) is 5.29. The van der Waals surface area contributed by atoms with Crippen molar-refractivity contribution >= 4 is 29.1 Å². The number of hydrogen-bond acceptors (Lipinski definition) is 4. The molecule has 3 aliphatic heterocycles. The molecule has 2 saturated heterocycles. The highest BCUT2D eigenvalue weighted by atomic mass is 16.2. The van der Waals surface area contributed by atoms with Crippen molar-refractivity contribution in [2.45, 2.75) is 45.4 Å². The van der Waals surface area contributed by atoms with Crippen LogP contribution in [0.4, 0.5) is 11.4 Å². The summed E-state index contributed by atoms with van der Waals surface area (Å²) in [6.45, 7) is 7.87. The van der Waals surface area contributed by atoms with Gasteiger partial charge in [0.15, 0.2) is 0 Å². The summed E-state index contributed by atoms with van der Waals surface area (Å²) in [6.07, 6.45) is 5.53. The van der Waals surface area contributed by atoms with Gasteiger partial charge in [0.25, 0.3) is 0 Å². The van der Waals surface area contributed by atoms with Crippen molar-refractivity contribution in [1.29, 1.82) is 0 Å². The molecule has 0 bridgehead atoms. The van der Waals surface area contributed by atoms with Gasteiger partial charge in [-0.15, -0.1) is 0 Å². The summed E-state index contributed by atoms with van der Waals surface area (Å²) >= 11 is 0. The van der Waals surface area contributed by atoms with Crippen LogP contribution in [-0.4, -0.2) is 73.3 Å². The number of rotatable bonds is 6. The number of amides is 3. The van der Waals surface area contributed by atoms with E-state index in [4.69, 9.17) is 0 Å². The zero-order chi connectivity index (χ0) is 22.2. The average molecular weight is 439 g/mol. The fraction of sp³-hybridized carbons (Fsp3) is 0.640. The smallest absolute Gasteiger partial charge is 0.230 e. The first kappa shape index (κ1) is 21.4. The van der Waals surface area contributed by atoms with E-state index in [0.29, 0.717) is 6.54 Å². The number of anilines is 2. The van der Waals surface area contributed by atoms with Crippen molar-refractivity contribution in [3.8, 4) is 0 Å². The van der Waals surface area contributed by atoms with E-state index in [1.54, 1.807) is 4.90 Å². The number of carbonyl (C=O) groups excluding carboxylic acids is 3. The van der Waals surface area contributed by atoms with E-state index in [0.717, 1.165) is 75.5 Å². The molecule has 7 nitrogen and oxygen atoms in total. The number of benzene rings is 1. The lowest BCUT2D eigenvalue weighted by molar-refractivity contribution is -0.137. The minimum atomic E-state index is -0.258. The maximum Gasteiger partial charge on any atom is 0.230 e. The third-order valence-corrected chi connectivity index (χ3v) is 7.45. The van der Waals surface area contributed by atoms with Crippen LogP contribution in [0.3, 0.4) is 0 Å². The zero-order valence-electron chi connectivity index (χ0n) is 19.1. The fourth-order valence-electron chi connectivity index (χ4n) is 5.29. The largest absolute Gasteiger partial charge is 0.340 e. The van der Waals surface area contributed by atoms with Crippen molar-refractivity contribution < 1.29 is 14.4 Å². The molecular formula is C25H34N4O3. The molecule has 1 aliphatic carbocycles. The molecule has 1 aromatic rings. The van der Waals surface area contributed by atoms with E-state index in [1.807, 2.05) is 28.0 Å². The summed E-state index contributed by atoms with van der Waals surface area (Å²) in [7, 11) is 0. The minimum Gasteiger partial charge on any atom is -0.340 e. The third kappa shape index (κ3) is 4.15. The van der Waals surface area contributed by atoms with Gasteiger partial charge in [-0.25, -0.2) is 0 Å². The predicted octanol–water partition coefficient (Wildman–Crippen LogP) is 2.28. The number of fused-ring (bicyclic) bond motifs is 1. The van der Waals surface area contributed by atoms with Crippen LogP contribution in [0.15, 0.2) is 18.2 Å². The van der Waals surface area contributed by atoms with Gasteiger partial charge in [-0.1, -0.05) is 13.3 Å². The second-order valence-corrected chi connectivity index (χ2v) is 9.75. The molecule has 7 heteroatoms. The van der Waals surface area contributed by atoms with E-state index >= 15 is 0 Å². The number of piperazine rings is 1. The lowest BCUT2D eigenvalue weighted by Gasteiger charge is -2.35.